The number of carboxylic acids is 1. The molecule has 15 heavy (non-hydrogen) atoms. The number of aliphatic hydroxyl groups is 2. The summed E-state index contributed by atoms with van der Waals surface area (Å²) in [6.45, 7) is 2.16. The minimum absolute atomic E-state index is 0.0445. The lowest BCUT2D eigenvalue weighted by atomic mass is 10.1. The highest BCUT2D eigenvalue weighted by Crippen LogP contribution is 2.02. The third-order valence-corrected chi connectivity index (χ3v) is 2.87. The number of thioether (sulfide) groups is 1. The Balaban J connectivity index is 3.35. The van der Waals surface area contributed by atoms with Gasteiger partial charge < -0.3 is 20.6 Å². The van der Waals surface area contributed by atoms with Crippen LogP contribution in [0.3, 0.4) is 0 Å². The molecule has 0 aromatic carbocycles. The Hall–Kier alpha value is -0.300. The van der Waals surface area contributed by atoms with Crippen LogP contribution < -0.4 is 5.32 Å². The zero-order valence-electron chi connectivity index (χ0n) is 8.90. The second-order valence-electron chi connectivity index (χ2n) is 3.45. The molecule has 0 saturated carbocycles. The Kier molecular flexibility index (Phi) is 7.76. The minimum atomic E-state index is -1.70. The van der Waals surface area contributed by atoms with Crippen LogP contribution >= 0.6 is 11.8 Å². The van der Waals surface area contributed by atoms with Crippen LogP contribution in [-0.2, 0) is 4.79 Å². The summed E-state index contributed by atoms with van der Waals surface area (Å²) in [5.41, 5.74) is -1.70. The number of carboxylic acid groups (broad SMARTS) is 1. The lowest BCUT2D eigenvalue weighted by molar-refractivity contribution is -0.156. The summed E-state index contributed by atoms with van der Waals surface area (Å²) in [4.78, 5) is 10.5. The molecule has 0 fully saturated rings. The van der Waals surface area contributed by atoms with Gasteiger partial charge in [-0.3, -0.25) is 0 Å². The largest absolute Gasteiger partial charge is 0.479 e. The van der Waals surface area contributed by atoms with E-state index in [0.717, 1.165) is 17.9 Å². The lowest BCUT2D eigenvalue weighted by Crippen LogP contribution is -2.45. The summed E-state index contributed by atoms with van der Waals surface area (Å²) in [5.74, 6) is 0.520. The Labute approximate surface area is 93.9 Å². The number of aliphatic hydroxyl groups excluding tert-OH is 1. The van der Waals surface area contributed by atoms with Crippen molar-refractivity contribution in [2.45, 2.75) is 18.9 Å². The monoisotopic (exact) mass is 237 g/mol. The van der Waals surface area contributed by atoms with Gasteiger partial charge in [0, 0.05) is 25.4 Å². The van der Waals surface area contributed by atoms with Crippen LogP contribution in [0.5, 0.6) is 0 Å². The van der Waals surface area contributed by atoms with Crippen molar-refractivity contribution < 1.29 is 20.1 Å². The molecule has 4 N–H and O–H groups in total. The highest BCUT2D eigenvalue weighted by molar-refractivity contribution is 7.99. The molecule has 1 atom stereocenters. The van der Waals surface area contributed by atoms with Gasteiger partial charge in [-0.15, -0.1) is 0 Å². The molecule has 0 amide bonds. The predicted molar refractivity (Wildman–Crippen MR) is 60.2 cm³/mol. The third kappa shape index (κ3) is 7.61. The van der Waals surface area contributed by atoms with Crippen LogP contribution in [0.15, 0.2) is 0 Å². The molecular weight excluding hydrogens is 218 g/mol. The van der Waals surface area contributed by atoms with Gasteiger partial charge in [-0.1, -0.05) is 0 Å². The molecule has 5 nitrogen and oxygen atoms in total. The summed E-state index contributed by atoms with van der Waals surface area (Å²) >= 11 is 1.69. The Morgan fingerprint density at radius 2 is 2.13 bits per heavy atom. The van der Waals surface area contributed by atoms with E-state index in [-0.39, 0.29) is 13.2 Å². The topological polar surface area (TPSA) is 89.8 Å². The fourth-order valence-electron chi connectivity index (χ4n) is 0.820. The molecule has 0 spiro atoms. The Morgan fingerprint density at radius 3 is 2.67 bits per heavy atom. The molecule has 0 heterocycles. The first-order chi connectivity index (χ1) is 7.00. The highest BCUT2D eigenvalue weighted by Gasteiger charge is 2.28. The second kappa shape index (κ2) is 7.92. The first-order valence-electron chi connectivity index (χ1n) is 4.86. The third-order valence-electron chi connectivity index (χ3n) is 1.80. The molecule has 0 saturated heterocycles. The summed E-state index contributed by atoms with van der Waals surface area (Å²) in [7, 11) is 0. The summed E-state index contributed by atoms with van der Waals surface area (Å²) < 4.78 is 0. The van der Waals surface area contributed by atoms with Crippen LogP contribution in [0, 0.1) is 0 Å². The van der Waals surface area contributed by atoms with Gasteiger partial charge in [-0.05, 0) is 19.1 Å². The van der Waals surface area contributed by atoms with Crippen LogP contribution in [0.25, 0.3) is 0 Å². The van der Waals surface area contributed by atoms with Gasteiger partial charge >= 0.3 is 5.97 Å². The second-order valence-corrected chi connectivity index (χ2v) is 4.67. The molecule has 0 aliphatic carbocycles. The Morgan fingerprint density at radius 1 is 1.47 bits per heavy atom. The minimum Gasteiger partial charge on any atom is -0.479 e. The van der Waals surface area contributed by atoms with Gasteiger partial charge in [0.15, 0.2) is 5.60 Å². The van der Waals surface area contributed by atoms with Crippen molar-refractivity contribution in [1.82, 2.24) is 5.32 Å². The normalized spacial score (nSPS) is 14.9. The van der Waals surface area contributed by atoms with E-state index >= 15 is 0 Å². The van der Waals surface area contributed by atoms with E-state index in [4.69, 9.17) is 10.2 Å². The van der Waals surface area contributed by atoms with Crippen molar-refractivity contribution in [2.24, 2.45) is 0 Å². The predicted octanol–water partition coefficient (Wildman–Crippen LogP) is -0.473. The highest BCUT2D eigenvalue weighted by atomic mass is 32.2. The quantitative estimate of drug-likeness (QED) is 0.405. The van der Waals surface area contributed by atoms with Crippen molar-refractivity contribution in [1.29, 1.82) is 0 Å². The van der Waals surface area contributed by atoms with E-state index in [9.17, 15) is 9.90 Å². The van der Waals surface area contributed by atoms with Gasteiger partial charge in [0.25, 0.3) is 0 Å². The van der Waals surface area contributed by atoms with Crippen molar-refractivity contribution in [3.63, 3.8) is 0 Å². The summed E-state index contributed by atoms with van der Waals surface area (Å²) in [6, 6.07) is 0. The van der Waals surface area contributed by atoms with Crippen LogP contribution in [0.1, 0.15) is 13.3 Å². The average Bonchev–Trinajstić information content (AvgIpc) is 2.16. The van der Waals surface area contributed by atoms with Crippen LogP contribution in [-0.4, -0.2) is 58.1 Å². The molecule has 0 radical (unpaired) electrons. The molecule has 1 unspecified atom stereocenters. The van der Waals surface area contributed by atoms with Gasteiger partial charge in [0.05, 0.1) is 0 Å². The maximum Gasteiger partial charge on any atom is 0.336 e. The zero-order chi connectivity index (χ0) is 11.7. The summed E-state index contributed by atoms with van der Waals surface area (Å²) in [6.07, 6.45) is 0.775. The van der Waals surface area contributed by atoms with E-state index in [2.05, 4.69) is 5.32 Å². The van der Waals surface area contributed by atoms with E-state index in [0.29, 0.717) is 6.54 Å². The molecule has 90 valence electrons. The smallest absolute Gasteiger partial charge is 0.336 e. The van der Waals surface area contributed by atoms with Gasteiger partial charge in [-0.25, -0.2) is 4.79 Å². The molecule has 0 bridgehead atoms. The van der Waals surface area contributed by atoms with Crippen molar-refractivity contribution in [3.8, 4) is 0 Å². The maximum atomic E-state index is 10.5. The lowest BCUT2D eigenvalue weighted by Gasteiger charge is -2.18. The molecular formula is C9H19NO4S. The van der Waals surface area contributed by atoms with Crippen LogP contribution in [0.2, 0.25) is 0 Å². The molecule has 0 aliphatic heterocycles. The molecule has 0 aromatic heterocycles. The van der Waals surface area contributed by atoms with E-state index in [1.165, 1.54) is 6.92 Å². The first-order valence-corrected chi connectivity index (χ1v) is 6.01. The number of carbonyl (C=O) groups is 1. The van der Waals surface area contributed by atoms with Crippen molar-refractivity contribution >= 4 is 17.7 Å². The molecule has 0 aliphatic rings. The van der Waals surface area contributed by atoms with Gasteiger partial charge in [0.2, 0.25) is 0 Å². The number of aliphatic carboxylic acids is 1. The van der Waals surface area contributed by atoms with Crippen molar-refractivity contribution in [2.75, 3.05) is 31.2 Å². The number of hydrogen-bond acceptors (Lipinski definition) is 5. The molecule has 0 aromatic rings. The first kappa shape index (κ1) is 14.7. The molecule has 6 heteroatoms. The van der Waals surface area contributed by atoms with Crippen molar-refractivity contribution in [3.05, 3.63) is 0 Å². The summed E-state index contributed by atoms with van der Waals surface area (Å²) in [5, 5.41) is 29.3. The van der Waals surface area contributed by atoms with Gasteiger partial charge in [-0.2, -0.15) is 11.8 Å². The average molecular weight is 237 g/mol. The molecule has 0 rings (SSSR count). The van der Waals surface area contributed by atoms with Crippen LogP contribution in [0.4, 0.5) is 0 Å². The van der Waals surface area contributed by atoms with Gasteiger partial charge in [0.1, 0.15) is 0 Å². The van der Waals surface area contributed by atoms with E-state index in [1.54, 1.807) is 11.8 Å². The fraction of sp³-hybridized carbons (Fsp3) is 0.889. The standard InChI is InChI=1S/C9H19NO4S/c1-9(14,8(12)13)7-10-3-6-15-5-2-4-11/h10-11,14H,2-7H2,1H3,(H,12,13). The number of nitrogens with one attached hydrogen (secondary N) is 1. The van der Waals surface area contributed by atoms with E-state index in [1.807, 2.05) is 0 Å². The zero-order valence-corrected chi connectivity index (χ0v) is 9.72. The maximum absolute atomic E-state index is 10.5. The number of rotatable bonds is 9. The van der Waals surface area contributed by atoms with E-state index < -0.39 is 11.6 Å². The fourth-order valence-corrected chi connectivity index (χ4v) is 1.65. The number of hydrogen-bond donors (Lipinski definition) is 4. The Bertz CT molecular complexity index is 187. The SMILES string of the molecule is CC(O)(CNCCSCCCO)C(=O)O.